The number of halogens is 4. The van der Waals surface area contributed by atoms with Crippen molar-refractivity contribution in [3.8, 4) is 0 Å². The van der Waals surface area contributed by atoms with Crippen molar-refractivity contribution in [2.24, 2.45) is 17.3 Å². The van der Waals surface area contributed by atoms with E-state index in [-0.39, 0.29) is 0 Å². The summed E-state index contributed by atoms with van der Waals surface area (Å²) in [6, 6.07) is 0. The molecule has 0 aliphatic heterocycles. The highest BCUT2D eigenvalue weighted by Crippen LogP contribution is 2.60. The van der Waals surface area contributed by atoms with Crippen LogP contribution in [0.15, 0.2) is 11.1 Å². The van der Waals surface area contributed by atoms with Crippen LogP contribution in [0.2, 0.25) is 0 Å². The Kier molecular flexibility index (Phi) is 4.03. The summed E-state index contributed by atoms with van der Waals surface area (Å²) < 4.78 is 42.3. The van der Waals surface area contributed by atoms with Crippen molar-refractivity contribution >= 4 is 17.6 Å². The van der Waals surface area contributed by atoms with Gasteiger partial charge in [-0.15, -0.1) is 0 Å². The van der Waals surface area contributed by atoms with E-state index in [0.29, 0.717) is 0 Å². The molecule has 2 nitrogen and oxygen atoms in total. The highest BCUT2D eigenvalue weighted by atomic mass is 35.5. The first-order valence-corrected chi connectivity index (χ1v) is 6.32. The lowest BCUT2D eigenvalue weighted by Crippen LogP contribution is -2.26. The summed E-state index contributed by atoms with van der Waals surface area (Å²) >= 11 is 5.21. The molecule has 1 fully saturated rings. The maximum absolute atomic E-state index is 12.4. The van der Waals surface area contributed by atoms with Crippen LogP contribution < -0.4 is 0 Å². The molecule has 2 atom stereocenters. The highest BCUT2D eigenvalue weighted by Gasteiger charge is 2.62. The SMILES string of the molecule is CC(C)(C)OC(=O)C1C(C=C(Cl)C(F)(F)F)C1(C)C. The van der Waals surface area contributed by atoms with Gasteiger partial charge in [0.15, 0.2) is 0 Å². The van der Waals surface area contributed by atoms with Crippen LogP contribution in [-0.4, -0.2) is 17.7 Å². The number of carbonyl (C=O) groups is 1. The van der Waals surface area contributed by atoms with Gasteiger partial charge in [-0.3, -0.25) is 4.79 Å². The average Bonchev–Trinajstić information content (AvgIpc) is 2.63. The smallest absolute Gasteiger partial charge is 0.426 e. The molecule has 1 saturated carbocycles. The average molecular weight is 299 g/mol. The summed E-state index contributed by atoms with van der Waals surface area (Å²) in [4.78, 5) is 11.9. The molecule has 0 bridgehead atoms. The zero-order chi connectivity index (χ0) is 15.2. The largest absolute Gasteiger partial charge is 0.460 e. The molecular formula is C13H18ClF3O2. The number of alkyl halides is 3. The number of rotatable bonds is 2. The second kappa shape index (κ2) is 4.69. The lowest BCUT2D eigenvalue weighted by Gasteiger charge is -2.19. The van der Waals surface area contributed by atoms with Gasteiger partial charge in [-0.25, -0.2) is 0 Å². The predicted molar refractivity (Wildman–Crippen MR) is 66.6 cm³/mol. The Balaban J connectivity index is 2.82. The Bertz CT molecular complexity index is 405. The summed E-state index contributed by atoms with van der Waals surface area (Å²) in [5.74, 6) is -1.61. The predicted octanol–water partition coefficient (Wildman–Crippen LogP) is 4.29. The van der Waals surface area contributed by atoms with Gasteiger partial charge in [-0.05, 0) is 32.1 Å². The van der Waals surface area contributed by atoms with Crippen LogP contribution in [0.3, 0.4) is 0 Å². The molecule has 2 unspecified atom stereocenters. The Morgan fingerprint density at radius 2 is 1.74 bits per heavy atom. The number of hydrogen-bond donors (Lipinski definition) is 0. The van der Waals surface area contributed by atoms with E-state index >= 15 is 0 Å². The first kappa shape index (κ1) is 16.3. The number of carbonyl (C=O) groups excluding carboxylic acids is 1. The van der Waals surface area contributed by atoms with Crippen LogP contribution in [0.4, 0.5) is 13.2 Å². The topological polar surface area (TPSA) is 26.3 Å². The Labute approximate surface area is 115 Å². The third kappa shape index (κ3) is 3.88. The summed E-state index contributed by atoms with van der Waals surface area (Å²) in [6.45, 7) is 8.60. The van der Waals surface area contributed by atoms with Gasteiger partial charge in [0.1, 0.15) is 10.6 Å². The van der Waals surface area contributed by atoms with E-state index in [1.165, 1.54) is 0 Å². The van der Waals surface area contributed by atoms with Crippen molar-refractivity contribution in [2.45, 2.75) is 46.4 Å². The zero-order valence-electron chi connectivity index (χ0n) is 11.6. The zero-order valence-corrected chi connectivity index (χ0v) is 12.3. The molecule has 110 valence electrons. The highest BCUT2D eigenvalue weighted by molar-refractivity contribution is 6.30. The maximum atomic E-state index is 12.4. The van der Waals surface area contributed by atoms with Crippen LogP contribution >= 0.6 is 11.6 Å². The van der Waals surface area contributed by atoms with Gasteiger partial charge in [-0.2, -0.15) is 13.2 Å². The molecule has 19 heavy (non-hydrogen) atoms. The number of esters is 1. The quantitative estimate of drug-likeness (QED) is 0.711. The Morgan fingerprint density at radius 3 is 2.11 bits per heavy atom. The fourth-order valence-electron chi connectivity index (χ4n) is 2.06. The van der Waals surface area contributed by atoms with Crippen LogP contribution in [0.1, 0.15) is 34.6 Å². The summed E-state index contributed by atoms with van der Waals surface area (Å²) in [5, 5.41) is -1.18. The summed E-state index contributed by atoms with van der Waals surface area (Å²) in [6.07, 6.45) is -3.66. The molecule has 0 aromatic rings. The first-order valence-electron chi connectivity index (χ1n) is 5.94. The lowest BCUT2D eigenvalue weighted by atomic mass is 10.1. The molecule has 1 aliphatic rings. The number of allylic oxidation sites excluding steroid dienone is 2. The van der Waals surface area contributed by atoms with Gasteiger partial charge in [0.05, 0.1) is 5.92 Å². The third-order valence-electron chi connectivity index (χ3n) is 3.17. The van der Waals surface area contributed by atoms with Crippen LogP contribution in [0.25, 0.3) is 0 Å². The number of ether oxygens (including phenoxy) is 1. The van der Waals surface area contributed by atoms with Gasteiger partial charge in [0, 0.05) is 0 Å². The molecule has 6 heteroatoms. The molecule has 0 saturated heterocycles. The van der Waals surface area contributed by atoms with Gasteiger partial charge >= 0.3 is 12.1 Å². The monoisotopic (exact) mass is 298 g/mol. The van der Waals surface area contributed by atoms with E-state index in [1.54, 1.807) is 34.6 Å². The second-order valence-corrected chi connectivity index (χ2v) is 6.78. The molecule has 1 aliphatic carbocycles. The van der Waals surface area contributed by atoms with Crippen molar-refractivity contribution in [3.63, 3.8) is 0 Å². The van der Waals surface area contributed by atoms with Gasteiger partial charge in [-0.1, -0.05) is 31.5 Å². The second-order valence-electron chi connectivity index (χ2n) is 6.37. The molecule has 0 amide bonds. The summed E-state index contributed by atoms with van der Waals surface area (Å²) in [5.41, 5.74) is -1.22. The Morgan fingerprint density at radius 1 is 1.26 bits per heavy atom. The van der Waals surface area contributed by atoms with Crippen LogP contribution in [-0.2, 0) is 9.53 Å². The molecule has 0 heterocycles. The fourth-order valence-corrected chi connectivity index (χ4v) is 2.19. The minimum Gasteiger partial charge on any atom is -0.460 e. The van der Waals surface area contributed by atoms with Crippen molar-refractivity contribution < 1.29 is 22.7 Å². The van der Waals surface area contributed by atoms with E-state index in [4.69, 9.17) is 16.3 Å². The van der Waals surface area contributed by atoms with Crippen molar-refractivity contribution in [2.75, 3.05) is 0 Å². The minimum absolute atomic E-state index is 0.481. The van der Waals surface area contributed by atoms with Crippen LogP contribution in [0, 0.1) is 17.3 Å². The van der Waals surface area contributed by atoms with E-state index in [0.717, 1.165) is 6.08 Å². The third-order valence-corrected chi connectivity index (χ3v) is 3.51. The molecule has 0 N–H and O–H groups in total. The first-order chi connectivity index (χ1) is 8.27. The van der Waals surface area contributed by atoms with E-state index in [9.17, 15) is 18.0 Å². The molecule has 0 aromatic heterocycles. The van der Waals surface area contributed by atoms with Gasteiger partial charge < -0.3 is 4.74 Å². The Hall–Kier alpha value is -0.710. The van der Waals surface area contributed by atoms with E-state index in [2.05, 4.69) is 0 Å². The van der Waals surface area contributed by atoms with E-state index < -0.39 is 40.0 Å². The maximum Gasteiger partial charge on any atom is 0.426 e. The van der Waals surface area contributed by atoms with Gasteiger partial charge in [0.25, 0.3) is 0 Å². The normalized spacial score (nSPS) is 27.1. The molecule has 0 radical (unpaired) electrons. The molecule has 0 aromatic carbocycles. The van der Waals surface area contributed by atoms with Gasteiger partial charge in [0.2, 0.25) is 0 Å². The molecular weight excluding hydrogens is 281 g/mol. The number of hydrogen-bond acceptors (Lipinski definition) is 2. The lowest BCUT2D eigenvalue weighted by molar-refractivity contribution is -0.157. The van der Waals surface area contributed by atoms with Crippen molar-refractivity contribution in [1.82, 2.24) is 0 Å². The molecule has 0 spiro atoms. The molecule has 1 rings (SSSR count). The summed E-state index contributed by atoms with van der Waals surface area (Å²) in [7, 11) is 0. The van der Waals surface area contributed by atoms with E-state index in [1.807, 2.05) is 0 Å². The van der Waals surface area contributed by atoms with Crippen LogP contribution in [0.5, 0.6) is 0 Å². The van der Waals surface area contributed by atoms with Crippen molar-refractivity contribution in [1.29, 1.82) is 0 Å². The standard InChI is InChI=1S/C13H18ClF3O2/c1-11(2,3)19-10(18)9-7(12(9,4)5)6-8(14)13(15,16)17/h6-7,9H,1-5H3. The van der Waals surface area contributed by atoms with Crippen molar-refractivity contribution in [3.05, 3.63) is 11.1 Å². The fraction of sp³-hybridized carbons (Fsp3) is 0.769. The minimum atomic E-state index is -4.57.